The van der Waals surface area contributed by atoms with Crippen molar-refractivity contribution in [3.8, 4) is 17.1 Å². The quantitative estimate of drug-likeness (QED) is 0.736. The third-order valence-electron chi connectivity index (χ3n) is 6.02. The molecule has 0 aromatic carbocycles. The van der Waals surface area contributed by atoms with Gasteiger partial charge in [-0.2, -0.15) is 0 Å². The molecule has 0 bridgehead atoms. The van der Waals surface area contributed by atoms with Gasteiger partial charge in [-0.25, -0.2) is 9.48 Å². The van der Waals surface area contributed by atoms with E-state index in [1.807, 2.05) is 12.1 Å². The Hall–Kier alpha value is -2.64. The minimum absolute atomic E-state index is 0.108. The predicted molar refractivity (Wildman–Crippen MR) is 107 cm³/mol. The second-order valence-corrected chi connectivity index (χ2v) is 8.02. The standard InChI is InChI=1S/C21H29N5O3/c1-25(15-7-6-8-15)21(27)28-14-19-20(23-24-26(19)2)18-12-11-17(13-22-18)29-16-9-4-3-5-10-16/h11-13,15-16H,3-10,14H2,1-2H3. The number of ether oxygens (including phenoxy) is 2. The summed E-state index contributed by atoms with van der Waals surface area (Å²) in [6, 6.07) is 4.10. The maximum absolute atomic E-state index is 12.3. The van der Waals surface area contributed by atoms with Gasteiger partial charge in [0.1, 0.15) is 23.7 Å². The van der Waals surface area contributed by atoms with Crippen molar-refractivity contribution in [3.63, 3.8) is 0 Å². The molecular formula is C21H29N5O3. The van der Waals surface area contributed by atoms with Gasteiger partial charge in [-0.05, 0) is 57.1 Å². The topological polar surface area (TPSA) is 82.4 Å². The Labute approximate surface area is 171 Å². The van der Waals surface area contributed by atoms with Crippen molar-refractivity contribution in [2.45, 2.75) is 70.1 Å². The highest BCUT2D eigenvalue weighted by Crippen LogP contribution is 2.26. The second-order valence-electron chi connectivity index (χ2n) is 8.02. The first-order chi connectivity index (χ1) is 14.1. The van der Waals surface area contributed by atoms with Gasteiger partial charge in [0.05, 0.1) is 18.0 Å². The smallest absolute Gasteiger partial charge is 0.410 e. The average Bonchev–Trinajstić information content (AvgIpc) is 3.06. The molecule has 4 rings (SSSR count). The predicted octanol–water partition coefficient (Wildman–Crippen LogP) is 3.71. The summed E-state index contributed by atoms with van der Waals surface area (Å²) in [6.45, 7) is 0.108. The van der Waals surface area contributed by atoms with E-state index < -0.39 is 0 Å². The number of nitrogens with zero attached hydrogens (tertiary/aromatic N) is 5. The summed E-state index contributed by atoms with van der Waals surface area (Å²) in [5, 5.41) is 8.31. The third kappa shape index (κ3) is 4.52. The molecular weight excluding hydrogens is 370 g/mol. The molecule has 8 nitrogen and oxygen atoms in total. The molecule has 0 aliphatic heterocycles. The maximum Gasteiger partial charge on any atom is 0.410 e. The summed E-state index contributed by atoms with van der Waals surface area (Å²) in [6.07, 6.45) is 10.9. The zero-order valence-corrected chi connectivity index (χ0v) is 17.2. The highest BCUT2D eigenvalue weighted by Gasteiger charge is 2.27. The summed E-state index contributed by atoms with van der Waals surface area (Å²) in [4.78, 5) is 18.5. The summed E-state index contributed by atoms with van der Waals surface area (Å²) in [5.41, 5.74) is 2.03. The Morgan fingerprint density at radius 1 is 1.17 bits per heavy atom. The molecule has 0 atom stereocenters. The van der Waals surface area contributed by atoms with Gasteiger partial charge in [-0.15, -0.1) is 5.10 Å². The molecule has 2 aromatic rings. The van der Waals surface area contributed by atoms with E-state index in [0.29, 0.717) is 23.1 Å². The van der Waals surface area contributed by atoms with Crippen LogP contribution in [0, 0.1) is 0 Å². The first-order valence-electron chi connectivity index (χ1n) is 10.5. The van der Waals surface area contributed by atoms with Crippen LogP contribution in [0.3, 0.4) is 0 Å². The number of amides is 1. The van der Waals surface area contributed by atoms with Crippen molar-refractivity contribution < 1.29 is 14.3 Å². The van der Waals surface area contributed by atoms with Gasteiger partial charge >= 0.3 is 6.09 Å². The van der Waals surface area contributed by atoms with Crippen molar-refractivity contribution in [1.82, 2.24) is 24.9 Å². The van der Waals surface area contributed by atoms with E-state index >= 15 is 0 Å². The average molecular weight is 399 g/mol. The minimum atomic E-state index is -0.314. The lowest BCUT2D eigenvalue weighted by molar-refractivity contribution is 0.0734. The van der Waals surface area contributed by atoms with E-state index in [-0.39, 0.29) is 18.8 Å². The molecule has 2 aliphatic rings. The Morgan fingerprint density at radius 3 is 2.62 bits per heavy atom. The molecule has 2 fully saturated rings. The van der Waals surface area contributed by atoms with Crippen LogP contribution in [0.2, 0.25) is 0 Å². The third-order valence-corrected chi connectivity index (χ3v) is 6.02. The minimum Gasteiger partial charge on any atom is -0.489 e. The first kappa shape index (κ1) is 19.7. The van der Waals surface area contributed by atoms with Crippen LogP contribution in [0.5, 0.6) is 5.75 Å². The van der Waals surface area contributed by atoms with Crippen LogP contribution in [0.15, 0.2) is 18.3 Å². The van der Waals surface area contributed by atoms with Crippen LogP contribution in [0.1, 0.15) is 57.1 Å². The lowest BCUT2D eigenvalue weighted by Gasteiger charge is -2.33. The van der Waals surface area contributed by atoms with Crippen molar-refractivity contribution in [3.05, 3.63) is 24.0 Å². The number of pyridine rings is 1. The summed E-state index contributed by atoms with van der Waals surface area (Å²) in [7, 11) is 3.58. The van der Waals surface area contributed by atoms with Crippen molar-refractivity contribution in [1.29, 1.82) is 0 Å². The van der Waals surface area contributed by atoms with Crippen LogP contribution in [0.4, 0.5) is 4.79 Å². The van der Waals surface area contributed by atoms with Gasteiger partial charge in [0.2, 0.25) is 0 Å². The van der Waals surface area contributed by atoms with E-state index in [0.717, 1.165) is 31.4 Å². The van der Waals surface area contributed by atoms with Crippen LogP contribution >= 0.6 is 0 Å². The van der Waals surface area contributed by atoms with E-state index in [1.165, 1.54) is 25.7 Å². The molecule has 0 spiro atoms. The fourth-order valence-electron chi connectivity index (χ4n) is 3.86. The lowest BCUT2D eigenvalue weighted by Crippen LogP contribution is -2.41. The normalized spacial score (nSPS) is 17.6. The highest BCUT2D eigenvalue weighted by atomic mass is 16.6. The molecule has 2 aromatic heterocycles. The monoisotopic (exact) mass is 399 g/mol. The molecule has 29 heavy (non-hydrogen) atoms. The maximum atomic E-state index is 12.3. The highest BCUT2D eigenvalue weighted by molar-refractivity contribution is 5.68. The van der Waals surface area contributed by atoms with Crippen LogP contribution in [-0.2, 0) is 18.4 Å². The molecule has 8 heteroatoms. The molecule has 1 amide bonds. The lowest BCUT2D eigenvalue weighted by atomic mass is 9.92. The Kier molecular flexibility index (Phi) is 5.97. The summed E-state index contributed by atoms with van der Waals surface area (Å²) in [5.74, 6) is 0.777. The fraction of sp³-hybridized carbons (Fsp3) is 0.619. The van der Waals surface area contributed by atoms with Crippen LogP contribution < -0.4 is 4.74 Å². The van der Waals surface area contributed by atoms with Crippen LogP contribution in [-0.4, -0.2) is 50.2 Å². The van der Waals surface area contributed by atoms with Crippen molar-refractivity contribution in [2.24, 2.45) is 7.05 Å². The van der Waals surface area contributed by atoms with Gasteiger partial charge in [0.25, 0.3) is 0 Å². The number of rotatable bonds is 6. The zero-order chi connectivity index (χ0) is 20.2. The van der Waals surface area contributed by atoms with Gasteiger partial charge in [-0.1, -0.05) is 11.6 Å². The molecule has 0 unspecified atom stereocenters. The van der Waals surface area contributed by atoms with E-state index in [4.69, 9.17) is 9.47 Å². The summed E-state index contributed by atoms with van der Waals surface area (Å²) < 4.78 is 13.2. The van der Waals surface area contributed by atoms with E-state index in [1.54, 1.807) is 29.9 Å². The number of hydrogen-bond donors (Lipinski definition) is 0. The first-order valence-corrected chi connectivity index (χ1v) is 10.5. The van der Waals surface area contributed by atoms with Gasteiger partial charge in [-0.3, -0.25) is 4.98 Å². The zero-order valence-electron chi connectivity index (χ0n) is 17.2. The van der Waals surface area contributed by atoms with Crippen LogP contribution in [0.25, 0.3) is 11.4 Å². The number of carbonyl (C=O) groups is 1. The van der Waals surface area contributed by atoms with Crippen molar-refractivity contribution >= 4 is 6.09 Å². The van der Waals surface area contributed by atoms with Gasteiger partial charge in [0, 0.05) is 20.1 Å². The molecule has 2 saturated carbocycles. The van der Waals surface area contributed by atoms with Crippen molar-refractivity contribution in [2.75, 3.05) is 7.05 Å². The Balaban J connectivity index is 1.40. The number of carbonyl (C=O) groups excluding carboxylic acids is 1. The van der Waals surface area contributed by atoms with E-state index in [9.17, 15) is 4.79 Å². The SMILES string of the molecule is CN(C(=O)OCc1c(-c2ccc(OC3CCCCC3)cn2)nnn1C)C1CCC1. The second kappa shape index (κ2) is 8.80. The molecule has 0 radical (unpaired) electrons. The molecule has 0 saturated heterocycles. The number of aryl methyl sites for hydroxylation is 1. The summed E-state index contributed by atoms with van der Waals surface area (Å²) >= 11 is 0. The molecule has 0 N–H and O–H groups in total. The van der Waals surface area contributed by atoms with Gasteiger partial charge in [0.15, 0.2) is 0 Å². The Morgan fingerprint density at radius 2 is 1.97 bits per heavy atom. The molecule has 2 aliphatic carbocycles. The Bertz CT molecular complexity index is 825. The molecule has 156 valence electrons. The largest absolute Gasteiger partial charge is 0.489 e. The fourth-order valence-corrected chi connectivity index (χ4v) is 3.86. The van der Waals surface area contributed by atoms with Gasteiger partial charge < -0.3 is 14.4 Å². The van der Waals surface area contributed by atoms with E-state index in [2.05, 4.69) is 15.3 Å². The molecule has 2 heterocycles. The number of aromatic nitrogens is 4. The number of hydrogen-bond acceptors (Lipinski definition) is 6.